The molecular formula is C25H21ClN4O3. The van der Waals surface area contributed by atoms with E-state index in [1.54, 1.807) is 31.2 Å². The van der Waals surface area contributed by atoms with Gasteiger partial charge in [0, 0.05) is 11.6 Å². The first-order valence-electron chi connectivity index (χ1n) is 10.3. The molecule has 0 bridgehead atoms. The Morgan fingerprint density at radius 1 is 0.939 bits per heavy atom. The predicted molar refractivity (Wildman–Crippen MR) is 127 cm³/mol. The molecule has 1 N–H and O–H groups in total. The number of hydrogen-bond acceptors (Lipinski definition) is 4. The van der Waals surface area contributed by atoms with Crippen LogP contribution in [0.15, 0.2) is 94.5 Å². The largest absolute Gasteiger partial charge is 0.352 e. The molecule has 4 rings (SSSR count). The SMILES string of the molecule is C[C@@H](c1ccccc1)n1c(=O)c(C(=O)NCc2ccccc2)nn(-c2ccc(Cl)cc2)c1=O. The van der Waals surface area contributed by atoms with Gasteiger partial charge in [-0.25, -0.2) is 9.36 Å². The van der Waals surface area contributed by atoms with Gasteiger partial charge in [0.25, 0.3) is 11.5 Å². The van der Waals surface area contributed by atoms with E-state index < -0.39 is 23.2 Å². The standard InChI is InChI=1S/C25H21ClN4O3/c1-17(19-10-6-3-7-11-19)29-24(32)22(23(31)27-16-18-8-4-2-5-9-18)28-30(25(29)33)21-14-12-20(26)13-15-21/h2-15,17H,16H2,1H3,(H,27,31)/t17-/m0/s1. The minimum Gasteiger partial charge on any atom is -0.346 e. The zero-order chi connectivity index (χ0) is 23.4. The third-order valence-electron chi connectivity index (χ3n) is 5.26. The van der Waals surface area contributed by atoms with Gasteiger partial charge in [0.05, 0.1) is 11.7 Å². The van der Waals surface area contributed by atoms with Crippen molar-refractivity contribution in [3.05, 3.63) is 128 Å². The van der Waals surface area contributed by atoms with E-state index in [1.807, 2.05) is 60.7 Å². The van der Waals surface area contributed by atoms with Crippen molar-refractivity contribution in [1.82, 2.24) is 19.7 Å². The smallest absolute Gasteiger partial charge is 0.346 e. The van der Waals surface area contributed by atoms with Gasteiger partial charge in [0.2, 0.25) is 5.69 Å². The Bertz CT molecular complexity index is 1380. The molecule has 0 aliphatic rings. The Kier molecular flexibility index (Phi) is 6.51. The fourth-order valence-electron chi connectivity index (χ4n) is 3.47. The Morgan fingerprint density at radius 2 is 1.55 bits per heavy atom. The maximum atomic E-state index is 13.3. The molecule has 0 aliphatic heterocycles. The molecule has 4 aromatic rings. The molecular weight excluding hydrogens is 440 g/mol. The van der Waals surface area contributed by atoms with Gasteiger partial charge in [0.1, 0.15) is 0 Å². The molecule has 0 spiro atoms. The highest BCUT2D eigenvalue weighted by molar-refractivity contribution is 6.30. The number of hydrogen-bond donors (Lipinski definition) is 1. The fraction of sp³-hybridized carbons (Fsp3) is 0.120. The van der Waals surface area contributed by atoms with Crippen LogP contribution in [0.2, 0.25) is 5.02 Å². The van der Waals surface area contributed by atoms with Crippen molar-refractivity contribution in [3.63, 3.8) is 0 Å². The second-order valence-corrected chi connectivity index (χ2v) is 7.89. The highest BCUT2D eigenvalue weighted by atomic mass is 35.5. The van der Waals surface area contributed by atoms with Crippen LogP contribution in [0.3, 0.4) is 0 Å². The van der Waals surface area contributed by atoms with Crippen LogP contribution >= 0.6 is 11.6 Å². The molecule has 0 saturated carbocycles. The number of carbonyl (C=O) groups excluding carboxylic acids is 1. The van der Waals surface area contributed by atoms with Crippen LogP contribution in [0, 0.1) is 0 Å². The Morgan fingerprint density at radius 3 is 2.18 bits per heavy atom. The average Bonchev–Trinajstić information content (AvgIpc) is 2.84. The van der Waals surface area contributed by atoms with Crippen LogP contribution in [0.25, 0.3) is 5.69 Å². The molecule has 0 unspecified atom stereocenters. The van der Waals surface area contributed by atoms with E-state index in [2.05, 4.69) is 10.4 Å². The van der Waals surface area contributed by atoms with Crippen molar-refractivity contribution in [2.24, 2.45) is 0 Å². The van der Waals surface area contributed by atoms with Gasteiger partial charge in [-0.05, 0) is 42.3 Å². The van der Waals surface area contributed by atoms with Crippen LogP contribution < -0.4 is 16.6 Å². The molecule has 3 aromatic carbocycles. The molecule has 1 amide bonds. The second kappa shape index (κ2) is 9.67. The number of nitrogens with one attached hydrogen (secondary N) is 1. The second-order valence-electron chi connectivity index (χ2n) is 7.45. The zero-order valence-corrected chi connectivity index (χ0v) is 18.6. The molecule has 7 nitrogen and oxygen atoms in total. The minimum absolute atomic E-state index is 0.217. The van der Waals surface area contributed by atoms with Crippen molar-refractivity contribution in [2.75, 3.05) is 0 Å². The summed E-state index contributed by atoms with van der Waals surface area (Å²) in [6, 6.07) is 24.2. The van der Waals surface area contributed by atoms with E-state index in [9.17, 15) is 14.4 Å². The van der Waals surface area contributed by atoms with E-state index >= 15 is 0 Å². The number of rotatable bonds is 6. The van der Waals surface area contributed by atoms with E-state index in [1.165, 1.54) is 0 Å². The Hall–Kier alpha value is -3.97. The van der Waals surface area contributed by atoms with Gasteiger partial charge in [-0.15, -0.1) is 0 Å². The van der Waals surface area contributed by atoms with Crippen LogP contribution in [-0.2, 0) is 6.54 Å². The summed E-state index contributed by atoms with van der Waals surface area (Å²) in [5, 5.41) is 7.34. The molecule has 33 heavy (non-hydrogen) atoms. The third kappa shape index (κ3) is 4.78. The maximum Gasteiger partial charge on any atom is 0.352 e. The van der Waals surface area contributed by atoms with Gasteiger partial charge >= 0.3 is 5.69 Å². The van der Waals surface area contributed by atoms with Crippen molar-refractivity contribution in [2.45, 2.75) is 19.5 Å². The van der Waals surface area contributed by atoms with E-state index in [-0.39, 0.29) is 12.2 Å². The summed E-state index contributed by atoms with van der Waals surface area (Å²) in [5.74, 6) is -0.666. The van der Waals surface area contributed by atoms with Gasteiger partial charge in [0.15, 0.2) is 0 Å². The average molecular weight is 461 g/mol. The van der Waals surface area contributed by atoms with Crippen LogP contribution in [0.4, 0.5) is 0 Å². The Labute approximate surface area is 194 Å². The topological polar surface area (TPSA) is 86.0 Å². The van der Waals surface area contributed by atoms with Crippen molar-refractivity contribution < 1.29 is 4.79 Å². The normalized spacial score (nSPS) is 11.7. The Balaban J connectivity index is 1.82. The van der Waals surface area contributed by atoms with Gasteiger partial charge in [-0.2, -0.15) is 9.78 Å². The van der Waals surface area contributed by atoms with Crippen LogP contribution in [-0.4, -0.2) is 20.3 Å². The summed E-state index contributed by atoms with van der Waals surface area (Å²) in [5.41, 5.74) is 0.222. The molecule has 0 saturated heterocycles. The van der Waals surface area contributed by atoms with E-state index in [0.717, 1.165) is 20.4 Å². The summed E-state index contributed by atoms with van der Waals surface area (Å²) < 4.78 is 2.10. The van der Waals surface area contributed by atoms with Gasteiger partial charge in [-0.1, -0.05) is 72.3 Å². The quantitative estimate of drug-likeness (QED) is 0.476. The summed E-state index contributed by atoms with van der Waals surface area (Å²) in [4.78, 5) is 39.6. The number of benzene rings is 3. The minimum atomic E-state index is -0.757. The summed E-state index contributed by atoms with van der Waals surface area (Å²) in [6.45, 7) is 1.95. The number of amides is 1. The van der Waals surface area contributed by atoms with Gasteiger partial charge in [-0.3, -0.25) is 9.59 Å². The lowest BCUT2D eigenvalue weighted by Gasteiger charge is -2.17. The molecule has 8 heteroatoms. The lowest BCUT2D eigenvalue weighted by Crippen LogP contribution is -2.47. The summed E-state index contributed by atoms with van der Waals surface area (Å²) >= 11 is 5.98. The first-order valence-corrected chi connectivity index (χ1v) is 10.7. The number of halogens is 1. The highest BCUT2D eigenvalue weighted by Crippen LogP contribution is 2.15. The monoisotopic (exact) mass is 460 g/mol. The first kappa shape index (κ1) is 22.2. The van der Waals surface area contributed by atoms with Gasteiger partial charge < -0.3 is 5.32 Å². The first-order chi connectivity index (χ1) is 16.0. The van der Waals surface area contributed by atoms with Crippen LogP contribution in [0.5, 0.6) is 0 Å². The van der Waals surface area contributed by atoms with Crippen molar-refractivity contribution in [1.29, 1.82) is 0 Å². The lowest BCUT2D eigenvalue weighted by molar-refractivity contribution is 0.0941. The van der Waals surface area contributed by atoms with Crippen LogP contribution in [0.1, 0.15) is 34.6 Å². The number of aromatic nitrogens is 3. The molecule has 1 heterocycles. The molecule has 0 aliphatic carbocycles. The zero-order valence-electron chi connectivity index (χ0n) is 17.8. The molecule has 1 atom stereocenters. The highest BCUT2D eigenvalue weighted by Gasteiger charge is 2.23. The molecule has 1 aromatic heterocycles. The number of nitrogens with zero attached hydrogens (tertiary/aromatic N) is 3. The predicted octanol–water partition coefficient (Wildman–Crippen LogP) is 3.59. The summed E-state index contributed by atoms with van der Waals surface area (Å²) in [6.07, 6.45) is 0. The number of carbonyl (C=O) groups is 1. The summed E-state index contributed by atoms with van der Waals surface area (Å²) in [7, 11) is 0. The van der Waals surface area contributed by atoms with E-state index in [0.29, 0.717) is 10.7 Å². The fourth-order valence-corrected chi connectivity index (χ4v) is 3.59. The lowest BCUT2D eigenvalue weighted by atomic mass is 10.1. The van der Waals surface area contributed by atoms with Crippen molar-refractivity contribution >= 4 is 17.5 Å². The molecule has 0 fully saturated rings. The molecule has 0 radical (unpaired) electrons. The van der Waals surface area contributed by atoms with E-state index in [4.69, 9.17) is 11.6 Å². The van der Waals surface area contributed by atoms with Crippen molar-refractivity contribution in [3.8, 4) is 5.69 Å². The maximum absolute atomic E-state index is 13.3. The third-order valence-corrected chi connectivity index (χ3v) is 5.51. The molecule has 166 valence electrons.